The lowest BCUT2D eigenvalue weighted by molar-refractivity contribution is 0.274. The normalized spacial score (nSPS) is 22.1. The second kappa shape index (κ2) is 9.25. The largest absolute Gasteiger partial charge is 0.365 e. The highest BCUT2D eigenvalue weighted by atomic mass is 32.2. The molecule has 10 heteroatoms. The standard InChI is InChI=1S/C19H29F2N5O2S/c1-22-19(23-12-14-6-10-26(11-7-14)29(2,27)28)24-15-8-9-25(13-15)18-16(20)4-3-5-17(18)21/h3-5,14-15H,6-13H2,1-2H3,(H2,22,23,24). The molecule has 1 unspecified atom stereocenters. The molecule has 0 radical (unpaired) electrons. The lowest BCUT2D eigenvalue weighted by Gasteiger charge is -2.30. The summed E-state index contributed by atoms with van der Waals surface area (Å²) in [5.74, 6) is -0.0716. The van der Waals surface area contributed by atoms with E-state index in [2.05, 4.69) is 15.6 Å². The fraction of sp³-hybridized carbons (Fsp3) is 0.632. The molecule has 1 atom stereocenters. The Bertz CT molecular complexity index is 821. The molecule has 2 aliphatic rings. The van der Waals surface area contributed by atoms with E-state index in [1.807, 2.05) is 0 Å². The number of benzene rings is 1. The number of piperidine rings is 1. The van der Waals surface area contributed by atoms with E-state index in [4.69, 9.17) is 0 Å². The Morgan fingerprint density at radius 2 is 1.83 bits per heavy atom. The van der Waals surface area contributed by atoms with E-state index >= 15 is 0 Å². The predicted molar refractivity (Wildman–Crippen MR) is 111 cm³/mol. The molecule has 7 nitrogen and oxygen atoms in total. The van der Waals surface area contributed by atoms with Crippen LogP contribution in [0.15, 0.2) is 23.2 Å². The van der Waals surface area contributed by atoms with Gasteiger partial charge in [0.15, 0.2) is 5.96 Å². The number of para-hydroxylation sites is 1. The van der Waals surface area contributed by atoms with Gasteiger partial charge < -0.3 is 15.5 Å². The Balaban J connectivity index is 1.47. The predicted octanol–water partition coefficient (Wildman–Crippen LogP) is 1.38. The van der Waals surface area contributed by atoms with Gasteiger partial charge in [-0.15, -0.1) is 0 Å². The van der Waals surface area contributed by atoms with Gasteiger partial charge >= 0.3 is 0 Å². The van der Waals surface area contributed by atoms with Crippen LogP contribution in [0.4, 0.5) is 14.5 Å². The number of halogens is 2. The molecule has 2 aliphatic heterocycles. The van der Waals surface area contributed by atoms with Crippen LogP contribution in [0.5, 0.6) is 0 Å². The number of rotatable bonds is 5. The van der Waals surface area contributed by atoms with Crippen molar-refractivity contribution < 1.29 is 17.2 Å². The van der Waals surface area contributed by atoms with Crippen LogP contribution in [0, 0.1) is 17.6 Å². The fourth-order valence-electron chi connectivity index (χ4n) is 3.95. The summed E-state index contributed by atoms with van der Waals surface area (Å²) in [5, 5.41) is 6.62. The highest BCUT2D eigenvalue weighted by Crippen LogP contribution is 2.26. The molecule has 1 aromatic rings. The molecule has 2 N–H and O–H groups in total. The fourth-order valence-corrected chi connectivity index (χ4v) is 4.82. The highest BCUT2D eigenvalue weighted by molar-refractivity contribution is 7.88. The van der Waals surface area contributed by atoms with Gasteiger partial charge in [-0.1, -0.05) is 6.07 Å². The maximum absolute atomic E-state index is 14.0. The van der Waals surface area contributed by atoms with E-state index in [0.29, 0.717) is 44.6 Å². The van der Waals surface area contributed by atoms with Crippen LogP contribution < -0.4 is 15.5 Å². The van der Waals surface area contributed by atoms with Crippen LogP contribution in [0.3, 0.4) is 0 Å². The van der Waals surface area contributed by atoms with E-state index in [0.717, 1.165) is 19.3 Å². The molecule has 162 valence electrons. The second-order valence-corrected chi connectivity index (χ2v) is 9.69. The third kappa shape index (κ3) is 5.57. The van der Waals surface area contributed by atoms with Crippen LogP contribution in [-0.2, 0) is 10.0 Å². The molecule has 0 spiro atoms. The van der Waals surface area contributed by atoms with Gasteiger partial charge in [0.25, 0.3) is 0 Å². The van der Waals surface area contributed by atoms with Crippen molar-refractivity contribution >= 4 is 21.7 Å². The summed E-state index contributed by atoms with van der Waals surface area (Å²) < 4.78 is 52.7. The van der Waals surface area contributed by atoms with E-state index < -0.39 is 21.7 Å². The average molecular weight is 430 g/mol. The second-order valence-electron chi connectivity index (χ2n) is 7.70. The number of anilines is 1. The first-order chi connectivity index (χ1) is 13.8. The van der Waals surface area contributed by atoms with E-state index in [1.165, 1.54) is 28.8 Å². The molecule has 3 rings (SSSR count). The number of sulfonamides is 1. The van der Waals surface area contributed by atoms with Gasteiger partial charge in [0.2, 0.25) is 10.0 Å². The molecule has 2 heterocycles. The van der Waals surface area contributed by atoms with Crippen molar-refractivity contribution in [2.75, 3.05) is 50.9 Å². The molecule has 0 amide bonds. The molecule has 0 aliphatic carbocycles. The molecular formula is C19H29F2N5O2S. The quantitative estimate of drug-likeness (QED) is 0.546. The van der Waals surface area contributed by atoms with E-state index in [1.54, 1.807) is 11.9 Å². The molecule has 0 saturated carbocycles. The smallest absolute Gasteiger partial charge is 0.211 e. The zero-order chi connectivity index (χ0) is 21.0. The summed E-state index contributed by atoms with van der Waals surface area (Å²) in [6, 6.07) is 3.95. The number of hydrogen-bond acceptors (Lipinski definition) is 4. The summed E-state index contributed by atoms with van der Waals surface area (Å²) >= 11 is 0. The molecular weight excluding hydrogens is 400 g/mol. The topological polar surface area (TPSA) is 77.0 Å². The first-order valence-corrected chi connectivity index (χ1v) is 11.7. The Kier molecular flexibility index (Phi) is 6.94. The molecule has 29 heavy (non-hydrogen) atoms. The van der Waals surface area contributed by atoms with Gasteiger partial charge in [-0.2, -0.15) is 0 Å². The Labute approximate surface area is 171 Å². The minimum atomic E-state index is -3.12. The molecule has 2 saturated heterocycles. The number of nitrogens with one attached hydrogen (secondary N) is 2. The van der Waals surface area contributed by atoms with Crippen molar-refractivity contribution in [2.24, 2.45) is 10.9 Å². The maximum atomic E-state index is 14.0. The number of aliphatic imine (C=N–C) groups is 1. The van der Waals surface area contributed by atoms with Crippen LogP contribution in [-0.4, -0.2) is 70.8 Å². The summed E-state index contributed by atoms with van der Waals surface area (Å²) in [5.41, 5.74) is 0.0254. The maximum Gasteiger partial charge on any atom is 0.211 e. The molecule has 0 aromatic heterocycles. The van der Waals surface area contributed by atoms with Gasteiger partial charge in [-0.25, -0.2) is 21.5 Å². The van der Waals surface area contributed by atoms with Crippen LogP contribution in [0.1, 0.15) is 19.3 Å². The SMILES string of the molecule is CN=C(NCC1CCN(S(C)(=O)=O)CC1)NC1CCN(c2c(F)cccc2F)C1. The summed E-state index contributed by atoms with van der Waals surface area (Å²) in [4.78, 5) is 5.96. The molecule has 1 aromatic carbocycles. The Morgan fingerprint density at radius 3 is 2.41 bits per heavy atom. The van der Waals surface area contributed by atoms with E-state index in [9.17, 15) is 17.2 Å². The highest BCUT2D eigenvalue weighted by Gasteiger charge is 2.28. The van der Waals surface area contributed by atoms with Gasteiger partial charge in [0.1, 0.15) is 17.3 Å². The van der Waals surface area contributed by atoms with Gasteiger partial charge in [-0.05, 0) is 37.3 Å². The first kappa shape index (κ1) is 21.8. The number of hydrogen-bond donors (Lipinski definition) is 2. The summed E-state index contributed by atoms with van der Waals surface area (Å²) in [6.45, 7) is 2.85. The van der Waals surface area contributed by atoms with Crippen molar-refractivity contribution in [3.63, 3.8) is 0 Å². The molecule has 2 fully saturated rings. The zero-order valence-electron chi connectivity index (χ0n) is 16.9. The minimum Gasteiger partial charge on any atom is -0.365 e. The van der Waals surface area contributed by atoms with Crippen LogP contribution >= 0.6 is 0 Å². The Hall–Kier alpha value is -1.94. The van der Waals surface area contributed by atoms with Crippen molar-refractivity contribution in [1.29, 1.82) is 0 Å². The summed E-state index contributed by atoms with van der Waals surface area (Å²) in [7, 11) is -1.43. The summed E-state index contributed by atoms with van der Waals surface area (Å²) in [6.07, 6.45) is 3.61. The lowest BCUT2D eigenvalue weighted by atomic mass is 9.98. The minimum absolute atomic E-state index is 0.0254. The van der Waals surface area contributed by atoms with Gasteiger partial charge in [-0.3, -0.25) is 4.99 Å². The molecule has 0 bridgehead atoms. The van der Waals surface area contributed by atoms with Crippen molar-refractivity contribution in [3.8, 4) is 0 Å². The monoisotopic (exact) mass is 429 g/mol. The van der Waals surface area contributed by atoms with Crippen molar-refractivity contribution in [1.82, 2.24) is 14.9 Å². The first-order valence-electron chi connectivity index (χ1n) is 9.89. The van der Waals surface area contributed by atoms with Crippen molar-refractivity contribution in [3.05, 3.63) is 29.8 Å². The third-order valence-corrected chi connectivity index (χ3v) is 6.91. The van der Waals surface area contributed by atoms with Gasteiger partial charge in [0.05, 0.1) is 6.26 Å². The Morgan fingerprint density at radius 1 is 1.17 bits per heavy atom. The van der Waals surface area contributed by atoms with Crippen LogP contribution in [0.2, 0.25) is 0 Å². The number of nitrogens with zero attached hydrogens (tertiary/aromatic N) is 3. The van der Waals surface area contributed by atoms with E-state index in [-0.39, 0.29) is 11.7 Å². The van der Waals surface area contributed by atoms with Crippen LogP contribution in [0.25, 0.3) is 0 Å². The third-order valence-electron chi connectivity index (χ3n) is 5.61. The lowest BCUT2D eigenvalue weighted by Crippen LogP contribution is -2.47. The number of guanidine groups is 1. The average Bonchev–Trinajstić information content (AvgIpc) is 3.12. The van der Waals surface area contributed by atoms with Crippen molar-refractivity contribution in [2.45, 2.75) is 25.3 Å². The van der Waals surface area contributed by atoms with Gasteiger partial charge in [0, 0.05) is 45.8 Å². The zero-order valence-corrected chi connectivity index (χ0v) is 17.7.